The van der Waals surface area contributed by atoms with Crippen molar-refractivity contribution in [2.24, 2.45) is 0 Å². The molecule has 0 fully saturated rings. The number of rotatable bonds is 5. The second-order valence-corrected chi connectivity index (χ2v) is 4.80. The Morgan fingerprint density at radius 2 is 1.86 bits per heavy atom. The van der Waals surface area contributed by atoms with Crippen molar-refractivity contribution in [3.8, 4) is 0 Å². The fourth-order valence-electron chi connectivity index (χ4n) is 1.74. The predicted octanol–water partition coefficient (Wildman–Crippen LogP) is 3.45. The summed E-state index contributed by atoms with van der Waals surface area (Å²) in [6.45, 7) is -0.395. The summed E-state index contributed by atoms with van der Waals surface area (Å²) in [5.74, 6) is -1.49. The van der Waals surface area contributed by atoms with Crippen LogP contribution < -0.4 is 0 Å². The van der Waals surface area contributed by atoms with E-state index in [1.165, 1.54) is 24.3 Å². The van der Waals surface area contributed by atoms with Crippen LogP contribution in [-0.2, 0) is 16.0 Å². The molecule has 0 heterocycles. The van der Waals surface area contributed by atoms with Crippen molar-refractivity contribution in [3.05, 3.63) is 70.5 Å². The van der Waals surface area contributed by atoms with E-state index in [1.54, 1.807) is 24.3 Å². The minimum atomic E-state index is -0.657. The topological polar surface area (TPSA) is 43.4 Å². The van der Waals surface area contributed by atoms with Crippen LogP contribution in [0.5, 0.6) is 0 Å². The smallest absolute Gasteiger partial charge is 0.310 e. The zero-order valence-corrected chi connectivity index (χ0v) is 11.8. The largest absolute Gasteiger partial charge is 0.457 e. The van der Waals surface area contributed by atoms with Crippen LogP contribution in [-0.4, -0.2) is 18.4 Å². The van der Waals surface area contributed by atoms with Gasteiger partial charge in [-0.2, -0.15) is 0 Å². The first kappa shape index (κ1) is 15.2. The molecule has 0 atom stereocenters. The molecule has 0 bridgehead atoms. The first-order chi connectivity index (χ1) is 10.1. The van der Waals surface area contributed by atoms with Gasteiger partial charge in [-0.3, -0.25) is 9.59 Å². The number of carbonyl (C=O) groups is 2. The minimum Gasteiger partial charge on any atom is -0.457 e. The molecule has 0 N–H and O–H groups in total. The van der Waals surface area contributed by atoms with E-state index in [-0.39, 0.29) is 17.8 Å². The zero-order chi connectivity index (χ0) is 15.2. The van der Waals surface area contributed by atoms with Crippen molar-refractivity contribution < 1.29 is 18.7 Å². The summed E-state index contributed by atoms with van der Waals surface area (Å²) in [7, 11) is 0. The van der Waals surface area contributed by atoms with Gasteiger partial charge in [0.1, 0.15) is 5.82 Å². The van der Waals surface area contributed by atoms with Crippen molar-refractivity contribution in [1.82, 2.24) is 0 Å². The Bertz CT molecular complexity index is 670. The van der Waals surface area contributed by atoms with Crippen molar-refractivity contribution in [3.63, 3.8) is 0 Å². The van der Waals surface area contributed by atoms with Gasteiger partial charge in [0, 0.05) is 10.6 Å². The summed E-state index contributed by atoms with van der Waals surface area (Å²) < 4.78 is 18.2. The summed E-state index contributed by atoms with van der Waals surface area (Å²) in [6, 6.07) is 12.3. The van der Waals surface area contributed by atoms with Gasteiger partial charge >= 0.3 is 5.97 Å². The summed E-state index contributed by atoms with van der Waals surface area (Å²) >= 11 is 5.77. The number of hydrogen-bond donors (Lipinski definition) is 0. The Kier molecular flexibility index (Phi) is 5.06. The van der Waals surface area contributed by atoms with Crippen LogP contribution in [0.3, 0.4) is 0 Å². The Balaban J connectivity index is 1.90. The van der Waals surface area contributed by atoms with E-state index in [0.717, 1.165) is 0 Å². The standard InChI is InChI=1S/C16H12ClFO3/c17-13-6-3-5-12(8-13)15(19)10-21-16(20)9-11-4-1-2-7-14(11)18/h1-8H,9-10H2. The zero-order valence-electron chi connectivity index (χ0n) is 11.0. The molecule has 3 nitrogen and oxygen atoms in total. The molecular formula is C16H12ClFO3. The van der Waals surface area contributed by atoms with Gasteiger partial charge in [0.25, 0.3) is 0 Å². The first-order valence-corrected chi connectivity index (χ1v) is 6.62. The highest BCUT2D eigenvalue weighted by Gasteiger charge is 2.12. The Morgan fingerprint density at radius 3 is 2.57 bits per heavy atom. The monoisotopic (exact) mass is 306 g/mol. The number of carbonyl (C=O) groups excluding carboxylic acids is 2. The van der Waals surface area contributed by atoms with Gasteiger partial charge in [-0.1, -0.05) is 41.9 Å². The molecule has 5 heteroatoms. The van der Waals surface area contributed by atoms with E-state index in [2.05, 4.69) is 0 Å². The van der Waals surface area contributed by atoms with Crippen LogP contribution >= 0.6 is 11.6 Å². The molecule has 0 radical (unpaired) electrons. The highest BCUT2D eigenvalue weighted by Crippen LogP contribution is 2.12. The van der Waals surface area contributed by atoms with Crippen molar-refractivity contribution in [2.45, 2.75) is 6.42 Å². The van der Waals surface area contributed by atoms with Crippen LogP contribution in [0.15, 0.2) is 48.5 Å². The number of Topliss-reactive ketones (excluding diaryl/α,β-unsaturated/α-hetero) is 1. The maximum absolute atomic E-state index is 13.4. The van der Waals surface area contributed by atoms with E-state index < -0.39 is 18.4 Å². The van der Waals surface area contributed by atoms with Gasteiger partial charge in [0.15, 0.2) is 12.4 Å². The molecule has 0 aliphatic carbocycles. The first-order valence-electron chi connectivity index (χ1n) is 6.24. The third-order valence-electron chi connectivity index (χ3n) is 2.80. The van der Waals surface area contributed by atoms with E-state index in [0.29, 0.717) is 10.6 Å². The van der Waals surface area contributed by atoms with E-state index in [4.69, 9.17) is 16.3 Å². The lowest BCUT2D eigenvalue weighted by atomic mass is 10.1. The maximum atomic E-state index is 13.4. The van der Waals surface area contributed by atoms with Crippen molar-refractivity contribution >= 4 is 23.4 Å². The van der Waals surface area contributed by atoms with Crippen LogP contribution in [0.4, 0.5) is 4.39 Å². The molecule has 2 aromatic rings. The van der Waals surface area contributed by atoms with Crippen molar-refractivity contribution in [2.75, 3.05) is 6.61 Å². The minimum absolute atomic E-state index is 0.213. The lowest BCUT2D eigenvalue weighted by Crippen LogP contribution is -2.16. The van der Waals surface area contributed by atoms with Crippen LogP contribution in [0.25, 0.3) is 0 Å². The van der Waals surface area contributed by atoms with E-state index in [9.17, 15) is 14.0 Å². The third kappa shape index (κ3) is 4.39. The van der Waals surface area contributed by atoms with Gasteiger partial charge in [-0.05, 0) is 23.8 Å². The number of benzene rings is 2. The van der Waals surface area contributed by atoms with Crippen LogP contribution in [0.1, 0.15) is 15.9 Å². The molecule has 108 valence electrons. The molecule has 0 aliphatic rings. The quantitative estimate of drug-likeness (QED) is 0.628. The molecule has 0 unspecified atom stereocenters. The number of hydrogen-bond acceptors (Lipinski definition) is 3. The molecule has 2 aromatic carbocycles. The molecule has 2 rings (SSSR count). The average Bonchev–Trinajstić information content (AvgIpc) is 2.47. The normalized spacial score (nSPS) is 10.2. The Morgan fingerprint density at radius 1 is 1.10 bits per heavy atom. The average molecular weight is 307 g/mol. The van der Waals surface area contributed by atoms with Crippen LogP contribution in [0, 0.1) is 5.82 Å². The summed E-state index contributed by atoms with van der Waals surface area (Å²) in [5, 5.41) is 0.429. The molecule has 21 heavy (non-hydrogen) atoms. The molecule has 0 saturated carbocycles. The number of halogens is 2. The van der Waals surface area contributed by atoms with Crippen LogP contribution in [0.2, 0.25) is 5.02 Å². The fourth-order valence-corrected chi connectivity index (χ4v) is 1.93. The lowest BCUT2D eigenvalue weighted by Gasteiger charge is -2.05. The van der Waals surface area contributed by atoms with Gasteiger partial charge < -0.3 is 4.74 Å². The number of esters is 1. The summed E-state index contributed by atoms with van der Waals surface area (Å²) in [5.41, 5.74) is 0.596. The van der Waals surface area contributed by atoms with Gasteiger partial charge in [-0.25, -0.2) is 4.39 Å². The van der Waals surface area contributed by atoms with Gasteiger partial charge in [0.2, 0.25) is 0 Å². The predicted molar refractivity (Wildman–Crippen MR) is 76.8 cm³/mol. The maximum Gasteiger partial charge on any atom is 0.310 e. The molecule has 0 aliphatic heterocycles. The van der Waals surface area contributed by atoms with Crippen molar-refractivity contribution in [1.29, 1.82) is 0 Å². The fraction of sp³-hybridized carbons (Fsp3) is 0.125. The van der Waals surface area contributed by atoms with Gasteiger partial charge in [-0.15, -0.1) is 0 Å². The molecule has 0 aromatic heterocycles. The Labute approximate surface area is 126 Å². The molecule has 0 spiro atoms. The van der Waals surface area contributed by atoms with Gasteiger partial charge in [0.05, 0.1) is 6.42 Å². The third-order valence-corrected chi connectivity index (χ3v) is 3.04. The molecule has 0 saturated heterocycles. The second-order valence-electron chi connectivity index (χ2n) is 4.36. The highest BCUT2D eigenvalue weighted by atomic mass is 35.5. The summed E-state index contributed by atoms with van der Waals surface area (Å²) in [6.07, 6.45) is -0.213. The number of ether oxygens (including phenoxy) is 1. The highest BCUT2D eigenvalue weighted by molar-refractivity contribution is 6.31. The Hall–Kier alpha value is -2.20. The molecular weight excluding hydrogens is 295 g/mol. The number of ketones is 1. The van der Waals surface area contributed by atoms with E-state index in [1.807, 2.05) is 0 Å². The van der Waals surface area contributed by atoms with E-state index >= 15 is 0 Å². The SMILES string of the molecule is O=C(Cc1ccccc1F)OCC(=O)c1cccc(Cl)c1. The summed E-state index contributed by atoms with van der Waals surface area (Å²) in [4.78, 5) is 23.4. The lowest BCUT2D eigenvalue weighted by molar-refractivity contribution is -0.141. The molecule has 0 amide bonds. The second kappa shape index (κ2) is 6.99.